The first-order chi connectivity index (χ1) is 14.1. The number of carbonyl (C=O) groups excluding carboxylic acids is 1. The lowest BCUT2D eigenvalue weighted by Crippen LogP contribution is -2.24. The molecule has 146 valence electrons. The number of para-hydroxylation sites is 1. The van der Waals surface area contributed by atoms with Crippen LogP contribution in [-0.4, -0.2) is 24.5 Å². The zero-order valence-electron chi connectivity index (χ0n) is 16.0. The Morgan fingerprint density at radius 1 is 1.10 bits per heavy atom. The highest BCUT2D eigenvalue weighted by atomic mass is 127. The lowest BCUT2D eigenvalue weighted by Gasteiger charge is -2.17. The second-order valence-corrected chi connectivity index (χ2v) is 8.71. The second-order valence-electron chi connectivity index (χ2n) is 7.46. The smallest absolute Gasteiger partial charge is 0.223 e. The van der Waals surface area contributed by atoms with Crippen molar-refractivity contribution in [2.75, 3.05) is 13.7 Å². The number of methoxy groups -OCH3 is 1. The van der Waals surface area contributed by atoms with Gasteiger partial charge in [0.15, 0.2) is 11.3 Å². The highest BCUT2D eigenvalue weighted by Crippen LogP contribution is 2.42. The maximum Gasteiger partial charge on any atom is 0.223 e. The Balaban J connectivity index is 1.52. The number of halogens is 1. The van der Waals surface area contributed by atoms with E-state index in [1.165, 1.54) is 3.57 Å². The number of nitrogens with zero attached hydrogens (tertiary/aromatic N) is 1. The van der Waals surface area contributed by atoms with Crippen LogP contribution in [0.2, 0.25) is 0 Å². The zero-order chi connectivity index (χ0) is 20.0. The minimum absolute atomic E-state index is 0.140. The number of hydrogen-bond donors (Lipinski definition) is 0. The van der Waals surface area contributed by atoms with Crippen LogP contribution in [0, 0.1) is 3.57 Å². The Bertz CT molecular complexity index is 1210. The summed E-state index contributed by atoms with van der Waals surface area (Å²) < 4.78 is 12.8. The number of amides is 1. The van der Waals surface area contributed by atoms with Gasteiger partial charge in [0.25, 0.3) is 0 Å². The molecule has 1 fully saturated rings. The van der Waals surface area contributed by atoms with Crippen molar-refractivity contribution in [3.63, 3.8) is 0 Å². The summed E-state index contributed by atoms with van der Waals surface area (Å²) in [6.07, 6.45) is 0.519. The molecule has 1 unspecified atom stereocenters. The van der Waals surface area contributed by atoms with Crippen LogP contribution < -0.4 is 4.74 Å². The predicted octanol–water partition coefficient (Wildman–Crippen LogP) is 5.72. The molecule has 5 heteroatoms. The molecule has 1 aliphatic heterocycles. The van der Waals surface area contributed by atoms with E-state index in [1.54, 1.807) is 7.11 Å². The number of likely N-dealkylation sites (tertiary alicyclic amines) is 1. The molecule has 5 rings (SSSR count). The molecule has 0 saturated carbocycles. The molecule has 1 aliphatic rings. The topological polar surface area (TPSA) is 42.7 Å². The number of carbonyl (C=O) groups is 1. The quantitative estimate of drug-likeness (QED) is 0.339. The number of hydrogen-bond acceptors (Lipinski definition) is 3. The van der Waals surface area contributed by atoms with Gasteiger partial charge in [-0.3, -0.25) is 4.79 Å². The van der Waals surface area contributed by atoms with E-state index < -0.39 is 0 Å². The summed E-state index contributed by atoms with van der Waals surface area (Å²) in [6.45, 7) is 1.36. The Labute approximate surface area is 182 Å². The summed E-state index contributed by atoms with van der Waals surface area (Å²) in [7, 11) is 1.66. The van der Waals surface area contributed by atoms with E-state index in [-0.39, 0.29) is 11.8 Å². The van der Waals surface area contributed by atoms with E-state index in [1.807, 2.05) is 29.2 Å². The van der Waals surface area contributed by atoms with Crippen molar-refractivity contribution in [2.24, 2.45) is 0 Å². The number of ether oxygens (including phenoxy) is 1. The molecule has 1 amide bonds. The molecule has 0 radical (unpaired) electrons. The highest BCUT2D eigenvalue weighted by molar-refractivity contribution is 14.1. The van der Waals surface area contributed by atoms with Crippen molar-refractivity contribution in [3.8, 4) is 5.75 Å². The molecule has 0 bridgehead atoms. The maximum atomic E-state index is 12.8. The zero-order valence-corrected chi connectivity index (χ0v) is 18.2. The molecular formula is C24H20INO3. The monoisotopic (exact) mass is 497 g/mol. The Kier molecular flexibility index (Phi) is 4.70. The number of furan rings is 1. The fraction of sp³-hybridized carbons (Fsp3) is 0.208. The van der Waals surface area contributed by atoms with Crippen LogP contribution in [0.15, 0.2) is 65.1 Å². The Morgan fingerprint density at radius 2 is 1.90 bits per heavy atom. The van der Waals surface area contributed by atoms with Crippen molar-refractivity contribution >= 4 is 50.4 Å². The van der Waals surface area contributed by atoms with Crippen molar-refractivity contribution < 1.29 is 13.9 Å². The van der Waals surface area contributed by atoms with E-state index in [0.717, 1.165) is 38.8 Å². The molecule has 3 aromatic carbocycles. The average molecular weight is 497 g/mol. The molecule has 29 heavy (non-hydrogen) atoms. The van der Waals surface area contributed by atoms with Gasteiger partial charge in [-0.25, -0.2) is 0 Å². The van der Waals surface area contributed by atoms with Crippen LogP contribution in [0.5, 0.6) is 5.75 Å². The van der Waals surface area contributed by atoms with Gasteiger partial charge in [0.05, 0.1) is 7.11 Å². The Morgan fingerprint density at radius 3 is 2.69 bits per heavy atom. The first-order valence-electron chi connectivity index (χ1n) is 9.64. The SMILES string of the molecule is COc1ccc(C2CC(=O)N(Cc3ccc(I)cc3)C2)c2c1oc1ccccc12. The molecule has 0 spiro atoms. The molecule has 0 aliphatic carbocycles. The van der Waals surface area contributed by atoms with Gasteiger partial charge in [0.2, 0.25) is 5.91 Å². The minimum Gasteiger partial charge on any atom is -0.493 e. The van der Waals surface area contributed by atoms with Crippen molar-refractivity contribution in [2.45, 2.75) is 18.9 Å². The number of benzene rings is 3. The summed E-state index contributed by atoms with van der Waals surface area (Å²) in [4.78, 5) is 14.7. The molecule has 2 heterocycles. The fourth-order valence-electron chi connectivity index (χ4n) is 4.27. The van der Waals surface area contributed by atoms with Crippen LogP contribution in [0.1, 0.15) is 23.5 Å². The molecule has 1 saturated heterocycles. The first kappa shape index (κ1) is 18.5. The van der Waals surface area contributed by atoms with Crippen molar-refractivity contribution in [1.82, 2.24) is 4.90 Å². The summed E-state index contributed by atoms with van der Waals surface area (Å²) in [5.74, 6) is 1.06. The van der Waals surface area contributed by atoms with Crippen LogP contribution in [0.3, 0.4) is 0 Å². The van der Waals surface area contributed by atoms with Crippen LogP contribution >= 0.6 is 22.6 Å². The standard InChI is InChI=1S/C24H20INO3/c1-28-21-11-10-18(23-19-4-2-3-5-20(19)29-24(21)23)16-12-22(27)26(14-16)13-15-6-8-17(25)9-7-15/h2-11,16H,12-14H2,1H3. The van der Waals surface area contributed by atoms with E-state index in [9.17, 15) is 4.79 Å². The van der Waals surface area contributed by atoms with E-state index in [2.05, 4.69) is 59.0 Å². The lowest BCUT2D eigenvalue weighted by atomic mass is 9.93. The van der Waals surface area contributed by atoms with Gasteiger partial charge in [0.1, 0.15) is 5.58 Å². The summed E-state index contributed by atoms with van der Waals surface area (Å²) >= 11 is 2.30. The lowest BCUT2D eigenvalue weighted by molar-refractivity contribution is -0.128. The largest absolute Gasteiger partial charge is 0.493 e. The van der Waals surface area contributed by atoms with Gasteiger partial charge in [-0.2, -0.15) is 0 Å². The summed E-state index contributed by atoms with van der Waals surface area (Å²) in [5, 5.41) is 2.13. The van der Waals surface area contributed by atoms with Gasteiger partial charge in [0, 0.05) is 39.8 Å². The van der Waals surface area contributed by atoms with Crippen LogP contribution in [-0.2, 0) is 11.3 Å². The normalized spacial score (nSPS) is 16.8. The highest BCUT2D eigenvalue weighted by Gasteiger charge is 2.32. The first-order valence-corrected chi connectivity index (χ1v) is 10.7. The van der Waals surface area contributed by atoms with E-state index >= 15 is 0 Å². The second kappa shape index (κ2) is 7.37. The third kappa shape index (κ3) is 3.27. The predicted molar refractivity (Wildman–Crippen MR) is 122 cm³/mol. The van der Waals surface area contributed by atoms with Crippen LogP contribution in [0.4, 0.5) is 0 Å². The van der Waals surface area contributed by atoms with Gasteiger partial charge in [-0.1, -0.05) is 36.4 Å². The van der Waals surface area contributed by atoms with Gasteiger partial charge in [-0.15, -0.1) is 0 Å². The Hall–Kier alpha value is -2.54. The number of fused-ring (bicyclic) bond motifs is 3. The van der Waals surface area contributed by atoms with Gasteiger partial charge in [-0.05, 0) is 58.0 Å². The molecule has 1 aromatic heterocycles. The third-order valence-electron chi connectivity index (χ3n) is 5.68. The van der Waals surface area contributed by atoms with E-state index in [0.29, 0.717) is 19.5 Å². The van der Waals surface area contributed by atoms with Crippen molar-refractivity contribution in [1.29, 1.82) is 0 Å². The number of rotatable bonds is 4. The minimum atomic E-state index is 0.140. The average Bonchev–Trinajstić information content (AvgIpc) is 3.30. The van der Waals surface area contributed by atoms with E-state index in [4.69, 9.17) is 9.15 Å². The maximum absolute atomic E-state index is 12.8. The van der Waals surface area contributed by atoms with Crippen molar-refractivity contribution in [3.05, 3.63) is 75.4 Å². The van der Waals surface area contributed by atoms with Gasteiger partial charge < -0.3 is 14.1 Å². The fourth-order valence-corrected chi connectivity index (χ4v) is 4.63. The molecule has 0 N–H and O–H groups in total. The third-order valence-corrected chi connectivity index (χ3v) is 6.40. The molecule has 4 aromatic rings. The molecule has 4 nitrogen and oxygen atoms in total. The van der Waals surface area contributed by atoms with Crippen LogP contribution in [0.25, 0.3) is 21.9 Å². The molecular weight excluding hydrogens is 477 g/mol. The summed E-state index contributed by atoms with van der Waals surface area (Å²) in [5.41, 5.74) is 3.92. The molecule has 1 atom stereocenters. The summed E-state index contributed by atoms with van der Waals surface area (Å²) in [6, 6.07) is 20.4. The van der Waals surface area contributed by atoms with Gasteiger partial charge >= 0.3 is 0 Å².